The molecule has 0 spiro atoms. The van der Waals surface area contributed by atoms with Crippen molar-refractivity contribution in [3.05, 3.63) is 225 Å². The minimum absolute atomic E-state index is 0.0563. The minimum atomic E-state index is -0.0563. The van der Waals surface area contributed by atoms with Crippen molar-refractivity contribution in [2.75, 3.05) is 0 Å². The lowest BCUT2D eigenvalue weighted by atomic mass is 9.93. The van der Waals surface area contributed by atoms with Crippen molar-refractivity contribution in [3.8, 4) is 23.0 Å². The Morgan fingerprint density at radius 2 is 0.483 bits per heavy atom. The van der Waals surface area contributed by atoms with Gasteiger partial charge in [0.2, 0.25) is 0 Å². The highest BCUT2D eigenvalue weighted by atomic mass is 16.5. The molecular weight excluding hydrogens is 737 g/mol. The van der Waals surface area contributed by atoms with Gasteiger partial charge in [0, 0.05) is 22.3 Å². The van der Waals surface area contributed by atoms with E-state index in [1.54, 1.807) is 0 Å². The maximum absolute atomic E-state index is 13.5. The van der Waals surface area contributed by atoms with Crippen molar-refractivity contribution in [1.29, 1.82) is 0 Å². The summed E-state index contributed by atoms with van der Waals surface area (Å²) in [5.41, 5.74) is 15.7. The number of hydrogen-bond donors (Lipinski definition) is 0. The lowest BCUT2D eigenvalue weighted by Crippen LogP contribution is -2.02. The molecule has 60 heavy (non-hydrogen) atoms. The summed E-state index contributed by atoms with van der Waals surface area (Å²) in [6, 6.07) is 55.0. The highest BCUT2D eigenvalue weighted by molar-refractivity contribution is 6.10. The van der Waals surface area contributed by atoms with Gasteiger partial charge in [-0.3, -0.25) is 9.59 Å². The molecule has 4 heteroatoms. The molecule has 14 bridgehead atoms. The normalized spacial score (nSPS) is 13.6. The van der Waals surface area contributed by atoms with Gasteiger partial charge in [-0.2, -0.15) is 0 Å². The first-order chi connectivity index (χ1) is 29.0. The van der Waals surface area contributed by atoms with Crippen LogP contribution in [0.5, 0.6) is 23.0 Å². The Bertz CT molecular complexity index is 2640. The first-order valence-corrected chi connectivity index (χ1v) is 20.2. The van der Waals surface area contributed by atoms with E-state index >= 15 is 0 Å². The molecule has 0 unspecified atom stereocenters. The number of ether oxygens (including phenoxy) is 2. The highest BCUT2D eigenvalue weighted by Crippen LogP contribution is 2.34. The van der Waals surface area contributed by atoms with Crippen molar-refractivity contribution < 1.29 is 19.1 Å². The fraction of sp³-hybridized carbons (Fsp3) is 0.107. The van der Waals surface area contributed by atoms with E-state index < -0.39 is 0 Å². The fourth-order valence-electron chi connectivity index (χ4n) is 7.55. The zero-order valence-electron chi connectivity index (χ0n) is 34.8. The van der Waals surface area contributed by atoms with Gasteiger partial charge >= 0.3 is 0 Å². The number of carbonyl (C=O) groups is 2. The second-order valence-electron chi connectivity index (χ2n) is 15.4. The van der Waals surface area contributed by atoms with Crippen LogP contribution in [-0.2, 0) is 0 Å². The summed E-state index contributed by atoms with van der Waals surface area (Å²) in [6.45, 7) is 12.7. The summed E-state index contributed by atoms with van der Waals surface area (Å²) in [5.74, 6) is 2.64. The van der Waals surface area contributed by atoms with Gasteiger partial charge in [-0.05, 0) is 181 Å². The molecular formula is C56H46O4. The van der Waals surface area contributed by atoms with Crippen LogP contribution in [0.2, 0.25) is 0 Å². The molecule has 7 aliphatic rings. The second kappa shape index (κ2) is 16.9. The quantitative estimate of drug-likeness (QED) is 0.154. The van der Waals surface area contributed by atoms with E-state index in [1.807, 2.05) is 121 Å². The number of allylic oxidation sites excluding steroid dienone is 6. The minimum Gasteiger partial charge on any atom is -0.457 e. The van der Waals surface area contributed by atoms with E-state index in [2.05, 4.69) is 90.1 Å². The molecule has 0 saturated heterocycles. The van der Waals surface area contributed by atoms with Crippen LogP contribution >= 0.6 is 0 Å². The van der Waals surface area contributed by atoms with E-state index in [4.69, 9.17) is 9.47 Å². The van der Waals surface area contributed by atoms with Crippen molar-refractivity contribution in [3.63, 3.8) is 0 Å². The maximum atomic E-state index is 13.5. The summed E-state index contributed by atoms with van der Waals surface area (Å²) in [7, 11) is 0. The number of fused-ring (bicyclic) bond motifs is 3. The SMILES string of the molecule is CC1=C(C)c2ccc(cc2)C(=O)c2ccc(cc2)Oc2cccc(c2)C(C)=C(C)c2ccc(cc2)C(C)=C(C)c2cccc(c2)Oc2ccc(cc2)C(=O)c2ccc1cc2. The van der Waals surface area contributed by atoms with Gasteiger partial charge in [-0.25, -0.2) is 0 Å². The summed E-state index contributed by atoms with van der Waals surface area (Å²) < 4.78 is 12.6. The van der Waals surface area contributed by atoms with E-state index in [9.17, 15) is 9.59 Å². The molecule has 0 aliphatic carbocycles. The summed E-state index contributed by atoms with van der Waals surface area (Å²) in [4.78, 5) is 27.0. The van der Waals surface area contributed by atoms with Gasteiger partial charge in [0.15, 0.2) is 11.6 Å². The number of ketones is 2. The zero-order valence-corrected chi connectivity index (χ0v) is 34.8. The summed E-state index contributed by atoms with van der Waals surface area (Å²) in [5, 5.41) is 0. The third-order valence-corrected chi connectivity index (χ3v) is 11.8. The van der Waals surface area contributed by atoms with Gasteiger partial charge in [-0.1, -0.05) is 97.1 Å². The number of hydrogen-bond acceptors (Lipinski definition) is 4. The molecule has 0 N–H and O–H groups in total. The van der Waals surface area contributed by atoms with Gasteiger partial charge in [0.05, 0.1) is 0 Å². The molecule has 0 atom stereocenters. The lowest BCUT2D eigenvalue weighted by Gasteiger charge is -2.14. The predicted octanol–water partition coefficient (Wildman–Crippen LogP) is 14.9. The average Bonchev–Trinajstić information content (AvgIpc) is 3.30. The number of rotatable bonds is 0. The van der Waals surface area contributed by atoms with E-state index in [0.29, 0.717) is 33.8 Å². The van der Waals surface area contributed by atoms with Crippen LogP contribution in [0.4, 0.5) is 0 Å². The molecule has 7 heterocycles. The monoisotopic (exact) mass is 782 g/mol. The summed E-state index contributed by atoms with van der Waals surface area (Å²) in [6.07, 6.45) is 0. The zero-order chi connectivity index (χ0) is 41.9. The first kappa shape index (κ1) is 39.5. The number of benzene rings is 7. The van der Waals surface area contributed by atoms with E-state index in [0.717, 1.165) is 67.2 Å². The predicted molar refractivity (Wildman–Crippen MR) is 247 cm³/mol. The molecule has 0 aromatic heterocycles. The Balaban J connectivity index is 1.13. The van der Waals surface area contributed by atoms with E-state index in [-0.39, 0.29) is 11.6 Å². The molecule has 0 amide bonds. The molecule has 0 fully saturated rings. The van der Waals surface area contributed by atoms with Crippen LogP contribution in [0, 0.1) is 0 Å². The van der Waals surface area contributed by atoms with Gasteiger partial charge in [0.1, 0.15) is 23.0 Å². The average molecular weight is 783 g/mol. The lowest BCUT2D eigenvalue weighted by molar-refractivity contribution is 0.103. The third-order valence-electron chi connectivity index (χ3n) is 11.8. The standard InChI is InChI=1S/C56H46O4/c1-35-36(2)44-19-23-46(24-20-44)56(58)48-27-31-52(32-28-48)60-54-12-8-10-50(34-54)40(6)38(4)42-15-13-41(14-16-42)37(3)39(5)49-9-7-11-53(33-49)59-51-29-25-47(26-30-51)55(57)45-21-17-43(35)18-22-45/h7-34H,1-6H3. The number of carbonyl (C=O) groups excluding carboxylic acids is 2. The Morgan fingerprint density at radius 1 is 0.250 bits per heavy atom. The molecule has 4 nitrogen and oxygen atoms in total. The Hall–Kier alpha value is -7.30. The van der Waals surface area contributed by atoms with Crippen LogP contribution in [0.25, 0.3) is 33.4 Å². The van der Waals surface area contributed by atoms with Crippen molar-refractivity contribution in [2.45, 2.75) is 41.5 Å². The second-order valence-corrected chi connectivity index (χ2v) is 15.4. The Labute approximate surface area is 352 Å². The highest BCUT2D eigenvalue weighted by Gasteiger charge is 2.14. The Kier molecular flexibility index (Phi) is 11.1. The largest absolute Gasteiger partial charge is 0.457 e. The first-order valence-electron chi connectivity index (χ1n) is 20.2. The van der Waals surface area contributed by atoms with Crippen molar-refractivity contribution >= 4 is 45.0 Å². The van der Waals surface area contributed by atoms with Crippen molar-refractivity contribution in [2.24, 2.45) is 0 Å². The van der Waals surface area contributed by atoms with Gasteiger partial charge in [0.25, 0.3) is 0 Å². The van der Waals surface area contributed by atoms with Crippen LogP contribution in [0.1, 0.15) is 107 Å². The molecule has 7 aromatic carbocycles. The molecule has 0 saturated carbocycles. The van der Waals surface area contributed by atoms with E-state index in [1.165, 1.54) is 11.1 Å². The molecule has 7 aromatic rings. The Morgan fingerprint density at radius 3 is 0.767 bits per heavy atom. The molecule has 7 aliphatic heterocycles. The third kappa shape index (κ3) is 8.32. The van der Waals surface area contributed by atoms with Crippen LogP contribution in [-0.4, -0.2) is 11.6 Å². The maximum Gasteiger partial charge on any atom is 0.193 e. The molecule has 14 rings (SSSR count). The smallest absolute Gasteiger partial charge is 0.193 e. The molecule has 294 valence electrons. The summed E-state index contributed by atoms with van der Waals surface area (Å²) >= 11 is 0. The van der Waals surface area contributed by atoms with Crippen molar-refractivity contribution in [1.82, 2.24) is 0 Å². The van der Waals surface area contributed by atoms with Crippen LogP contribution < -0.4 is 9.47 Å². The van der Waals surface area contributed by atoms with Crippen LogP contribution in [0.3, 0.4) is 0 Å². The van der Waals surface area contributed by atoms with Gasteiger partial charge in [-0.15, -0.1) is 0 Å². The van der Waals surface area contributed by atoms with Crippen LogP contribution in [0.15, 0.2) is 170 Å². The fourth-order valence-corrected chi connectivity index (χ4v) is 7.55. The molecule has 0 radical (unpaired) electrons. The van der Waals surface area contributed by atoms with Gasteiger partial charge < -0.3 is 9.47 Å². The topological polar surface area (TPSA) is 52.6 Å².